The Bertz CT molecular complexity index is 1800. The lowest BCUT2D eigenvalue weighted by Gasteiger charge is -2.20. The number of nitrogens with zero attached hydrogens (tertiary/aromatic N) is 1. The van der Waals surface area contributed by atoms with E-state index in [2.05, 4.69) is 11.4 Å². The van der Waals surface area contributed by atoms with Gasteiger partial charge in [-0.25, -0.2) is 0 Å². The first kappa shape index (κ1) is 32.2. The minimum absolute atomic E-state index is 0.0332. The Balaban J connectivity index is 1.38. The number of hydrogen-bond acceptors (Lipinski definition) is 8. The summed E-state index contributed by atoms with van der Waals surface area (Å²) in [6.07, 6.45) is -0.605. The Morgan fingerprint density at radius 2 is 1.70 bits per heavy atom. The van der Waals surface area contributed by atoms with Crippen LogP contribution in [0, 0.1) is 18.3 Å². The van der Waals surface area contributed by atoms with Gasteiger partial charge in [-0.1, -0.05) is 48.0 Å². The fourth-order valence-electron chi connectivity index (χ4n) is 5.02. The maximum Gasteiger partial charge on any atom is 0.321 e. The summed E-state index contributed by atoms with van der Waals surface area (Å²) in [7, 11) is 0. The summed E-state index contributed by atoms with van der Waals surface area (Å²) < 4.78 is 23.7. The van der Waals surface area contributed by atoms with Gasteiger partial charge < -0.3 is 29.2 Å². The monoisotopic (exact) mass is 642 g/mol. The molecule has 0 radical (unpaired) electrons. The number of ether oxygens (including phenoxy) is 4. The Kier molecular flexibility index (Phi) is 10.3. The summed E-state index contributed by atoms with van der Waals surface area (Å²) in [6.45, 7) is 3.31. The Hall–Kier alpha value is -5.24. The average molecular weight is 643 g/mol. The van der Waals surface area contributed by atoms with Crippen LogP contribution in [-0.4, -0.2) is 41.4 Å². The number of aliphatic carboxylic acids is 2. The first-order chi connectivity index (χ1) is 22.2. The van der Waals surface area contributed by atoms with Gasteiger partial charge in [-0.05, 0) is 65.1 Å². The number of rotatable bonds is 13. The summed E-state index contributed by atoms with van der Waals surface area (Å²) in [5, 5.41) is 30.9. The van der Waals surface area contributed by atoms with Crippen molar-refractivity contribution in [3.05, 3.63) is 106 Å². The quantitative estimate of drug-likeness (QED) is 0.155. The molecule has 4 aromatic carbocycles. The van der Waals surface area contributed by atoms with Crippen LogP contribution < -0.4 is 24.3 Å². The van der Waals surface area contributed by atoms with Crippen LogP contribution in [0.5, 0.6) is 23.0 Å². The molecule has 0 saturated carbocycles. The molecular weight excluding hydrogens is 612 g/mol. The van der Waals surface area contributed by atoms with E-state index in [1.54, 1.807) is 30.3 Å². The number of nitriles is 1. The van der Waals surface area contributed by atoms with Gasteiger partial charge in [-0.15, -0.1) is 0 Å². The van der Waals surface area contributed by atoms with Gasteiger partial charge in [0.05, 0.1) is 23.1 Å². The van der Waals surface area contributed by atoms with Crippen molar-refractivity contribution < 1.29 is 38.7 Å². The molecule has 11 heteroatoms. The predicted molar refractivity (Wildman–Crippen MR) is 169 cm³/mol. The van der Waals surface area contributed by atoms with E-state index in [0.29, 0.717) is 41.6 Å². The molecule has 0 aromatic heterocycles. The van der Waals surface area contributed by atoms with Crippen molar-refractivity contribution in [2.45, 2.75) is 39.1 Å². The van der Waals surface area contributed by atoms with E-state index in [1.165, 1.54) is 0 Å². The van der Waals surface area contributed by atoms with Crippen LogP contribution >= 0.6 is 11.6 Å². The van der Waals surface area contributed by atoms with Gasteiger partial charge in [0.25, 0.3) is 0 Å². The number of carbonyl (C=O) groups is 2. The fraction of sp³-hybridized carbons (Fsp3) is 0.229. The second-order valence-corrected chi connectivity index (χ2v) is 11.0. The van der Waals surface area contributed by atoms with E-state index in [0.717, 1.165) is 33.6 Å². The van der Waals surface area contributed by atoms with Crippen LogP contribution in [0.15, 0.2) is 72.8 Å². The smallest absolute Gasteiger partial charge is 0.321 e. The lowest BCUT2D eigenvalue weighted by molar-refractivity contribution is -0.146. The van der Waals surface area contributed by atoms with Crippen molar-refractivity contribution in [3.63, 3.8) is 0 Å². The average Bonchev–Trinajstić information content (AvgIpc) is 3.05. The standard InChI is InChI=1S/C35H31ClN2O8/c1-21-25(6-3-7-27(21)24-8-9-30-33(14-24)44-11-10-43-30)20-46-32-16-31(45-19-23-5-2-4-22(12-23)17-37)26(13-28(32)36)18-38-29(35(41)42)15-34(39)40/h2-9,12-14,16,29,38H,10-11,15,18-20H2,1H3,(H,39,40)(H,41,42). The molecule has 3 N–H and O–H groups in total. The van der Waals surface area contributed by atoms with Crippen LogP contribution in [0.4, 0.5) is 0 Å². The van der Waals surface area contributed by atoms with Crippen molar-refractivity contribution in [2.24, 2.45) is 0 Å². The highest BCUT2D eigenvalue weighted by Gasteiger charge is 2.22. The molecule has 236 valence electrons. The molecule has 0 spiro atoms. The molecule has 5 rings (SSSR count). The fourth-order valence-corrected chi connectivity index (χ4v) is 5.27. The molecule has 0 saturated heterocycles. The Labute approximate surface area is 270 Å². The third kappa shape index (κ3) is 7.88. The number of halogens is 1. The molecule has 1 unspecified atom stereocenters. The summed E-state index contributed by atoms with van der Waals surface area (Å²) >= 11 is 6.64. The summed E-state index contributed by atoms with van der Waals surface area (Å²) in [5.41, 5.74) is 5.68. The van der Waals surface area contributed by atoms with Crippen molar-refractivity contribution in [2.75, 3.05) is 13.2 Å². The highest BCUT2D eigenvalue weighted by Crippen LogP contribution is 2.37. The number of benzene rings is 4. The van der Waals surface area contributed by atoms with Crippen LogP contribution in [0.1, 0.15) is 34.2 Å². The normalized spacial score (nSPS) is 12.5. The highest BCUT2D eigenvalue weighted by atomic mass is 35.5. The lowest BCUT2D eigenvalue weighted by atomic mass is 9.96. The third-order valence-electron chi connectivity index (χ3n) is 7.46. The third-order valence-corrected chi connectivity index (χ3v) is 7.76. The molecule has 1 aliphatic heterocycles. The second kappa shape index (κ2) is 14.7. The SMILES string of the molecule is Cc1c(COc2cc(OCc3cccc(C#N)c3)c(CNC(CC(=O)O)C(=O)O)cc2Cl)cccc1-c1ccc2c(c1)OCCO2. The molecule has 0 bridgehead atoms. The largest absolute Gasteiger partial charge is 0.488 e. The number of fused-ring (bicyclic) bond motifs is 1. The zero-order valence-electron chi connectivity index (χ0n) is 24.9. The van der Waals surface area contributed by atoms with Crippen molar-refractivity contribution in [1.29, 1.82) is 5.26 Å². The minimum Gasteiger partial charge on any atom is -0.488 e. The molecule has 4 aromatic rings. The van der Waals surface area contributed by atoms with Crippen molar-refractivity contribution in [3.8, 4) is 40.2 Å². The Morgan fingerprint density at radius 3 is 2.46 bits per heavy atom. The number of hydrogen-bond donors (Lipinski definition) is 3. The van der Waals surface area contributed by atoms with Crippen LogP contribution in [0.25, 0.3) is 11.1 Å². The summed E-state index contributed by atoms with van der Waals surface area (Å²) in [5.74, 6) is -0.416. The molecule has 10 nitrogen and oxygen atoms in total. The topological polar surface area (TPSA) is 147 Å². The first-order valence-electron chi connectivity index (χ1n) is 14.5. The van der Waals surface area contributed by atoms with E-state index in [9.17, 15) is 20.0 Å². The van der Waals surface area contributed by atoms with Gasteiger partial charge in [-0.2, -0.15) is 5.26 Å². The zero-order chi connectivity index (χ0) is 32.6. The lowest BCUT2D eigenvalue weighted by Crippen LogP contribution is -2.38. The molecule has 1 aliphatic rings. The molecular formula is C35H31ClN2O8. The summed E-state index contributed by atoms with van der Waals surface area (Å²) in [4.78, 5) is 22.8. The zero-order valence-corrected chi connectivity index (χ0v) is 25.7. The van der Waals surface area contributed by atoms with E-state index in [4.69, 9.17) is 35.7 Å². The maximum absolute atomic E-state index is 11.6. The van der Waals surface area contributed by atoms with E-state index in [1.807, 2.05) is 49.4 Å². The van der Waals surface area contributed by atoms with Gasteiger partial charge in [0.15, 0.2) is 11.5 Å². The number of carboxylic acids is 2. The first-order valence-corrected chi connectivity index (χ1v) is 14.8. The molecule has 1 atom stereocenters. The van der Waals surface area contributed by atoms with Crippen LogP contribution in [-0.2, 0) is 29.3 Å². The summed E-state index contributed by atoms with van der Waals surface area (Å²) in [6, 6.07) is 22.8. The Morgan fingerprint density at radius 1 is 0.935 bits per heavy atom. The van der Waals surface area contributed by atoms with E-state index < -0.39 is 24.4 Å². The molecule has 1 heterocycles. The molecule has 0 aliphatic carbocycles. The van der Waals surface area contributed by atoms with E-state index >= 15 is 0 Å². The van der Waals surface area contributed by atoms with Gasteiger partial charge in [-0.3, -0.25) is 14.9 Å². The number of nitrogens with one attached hydrogen (secondary N) is 1. The van der Waals surface area contributed by atoms with Gasteiger partial charge in [0.2, 0.25) is 0 Å². The molecule has 46 heavy (non-hydrogen) atoms. The van der Waals surface area contributed by atoms with Gasteiger partial charge in [0, 0.05) is 18.2 Å². The van der Waals surface area contributed by atoms with Gasteiger partial charge >= 0.3 is 11.9 Å². The van der Waals surface area contributed by atoms with Gasteiger partial charge in [0.1, 0.15) is 44.0 Å². The second-order valence-electron chi connectivity index (χ2n) is 10.6. The van der Waals surface area contributed by atoms with Crippen LogP contribution in [0.2, 0.25) is 5.02 Å². The highest BCUT2D eigenvalue weighted by molar-refractivity contribution is 6.32. The van der Waals surface area contributed by atoms with Crippen LogP contribution in [0.3, 0.4) is 0 Å². The molecule has 0 fully saturated rings. The maximum atomic E-state index is 11.6. The number of carboxylic acid groups (broad SMARTS) is 2. The predicted octanol–water partition coefficient (Wildman–Crippen LogP) is 6.13. The van der Waals surface area contributed by atoms with Crippen molar-refractivity contribution >= 4 is 23.5 Å². The minimum atomic E-state index is -1.32. The van der Waals surface area contributed by atoms with Crippen molar-refractivity contribution in [1.82, 2.24) is 5.32 Å². The molecule has 0 amide bonds. The van der Waals surface area contributed by atoms with E-state index in [-0.39, 0.29) is 24.8 Å².